The van der Waals surface area contributed by atoms with Gasteiger partial charge in [-0.05, 0) is 38.5 Å². The first-order valence-electron chi connectivity index (χ1n) is 7.10. The van der Waals surface area contributed by atoms with Crippen LogP contribution >= 0.6 is 0 Å². The summed E-state index contributed by atoms with van der Waals surface area (Å²) >= 11 is 0. The van der Waals surface area contributed by atoms with Gasteiger partial charge in [0.15, 0.2) is 0 Å². The molecule has 0 aliphatic carbocycles. The van der Waals surface area contributed by atoms with Gasteiger partial charge in [0.1, 0.15) is 0 Å². The number of hydrogen-bond donors (Lipinski definition) is 3. The Labute approximate surface area is 130 Å². The summed E-state index contributed by atoms with van der Waals surface area (Å²) in [5.41, 5.74) is 1.04. The molecule has 0 heterocycles. The van der Waals surface area contributed by atoms with Crippen LogP contribution in [0.2, 0.25) is 0 Å². The van der Waals surface area contributed by atoms with Crippen LogP contribution < -0.4 is 16.0 Å². The predicted octanol–water partition coefficient (Wildman–Crippen LogP) is 0.967. The zero-order valence-corrected chi connectivity index (χ0v) is 13.4. The lowest BCUT2D eigenvalue weighted by Gasteiger charge is -2.20. The molecule has 22 heavy (non-hydrogen) atoms. The normalized spacial score (nSPS) is 10.7. The van der Waals surface area contributed by atoms with Gasteiger partial charge in [-0.25, -0.2) is 0 Å². The summed E-state index contributed by atoms with van der Waals surface area (Å²) in [5.74, 6) is -0.648. The largest absolute Gasteiger partial charge is 0.352 e. The number of nitrogens with one attached hydrogen (secondary N) is 3. The first-order chi connectivity index (χ1) is 10.2. The Kier molecular flexibility index (Phi) is 6.10. The SMILES string of the molecule is CC(=O)NCc1ccc(C(=O)NCC(=O)NC(C)(C)C)cc1. The molecule has 0 atom stereocenters. The molecular formula is C16H23N3O3. The van der Waals surface area contributed by atoms with E-state index in [-0.39, 0.29) is 29.8 Å². The molecule has 0 aliphatic heterocycles. The lowest BCUT2D eigenvalue weighted by atomic mass is 10.1. The van der Waals surface area contributed by atoms with E-state index in [2.05, 4.69) is 16.0 Å². The summed E-state index contributed by atoms with van der Waals surface area (Å²) in [7, 11) is 0. The molecule has 0 saturated carbocycles. The van der Waals surface area contributed by atoms with Gasteiger partial charge in [-0.1, -0.05) is 12.1 Å². The molecule has 0 saturated heterocycles. The molecule has 3 N–H and O–H groups in total. The predicted molar refractivity (Wildman–Crippen MR) is 84.2 cm³/mol. The number of carbonyl (C=O) groups is 3. The Bertz CT molecular complexity index is 545. The molecule has 0 unspecified atom stereocenters. The summed E-state index contributed by atoms with van der Waals surface area (Å²) < 4.78 is 0. The van der Waals surface area contributed by atoms with Crippen molar-refractivity contribution >= 4 is 17.7 Å². The maximum absolute atomic E-state index is 11.9. The molecule has 6 heteroatoms. The molecule has 3 amide bonds. The molecule has 0 spiro atoms. The van der Waals surface area contributed by atoms with Gasteiger partial charge in [0.05, 0.1) is 6.54 Å². The van der Waals surface area contributed by atoms with Crippen LogP contribution in [0.5, 0.6) is 0 Å². The van der Waals surface area contributed by atoms with Gasteiger partial charge in [-0.3, -0.25) is 14.4 Å². The molecule has 0 radical (unpaired) electrons. The average molecular weight is 305 g/mol. The van der Waals surface area contributed by atoms with Crippen LogP contribution in [0.1, 0.15) is 43.6 Å². The molecule has 1 aromatic carbocycles. The molecule has 0 bridgehead atoms. The molecule has 0 aliphatic rings. The minimum absolute atomic E-state index is 0.0657. The smallest absolute Gasteiger partial charge is 0.251 e. The Balaban J connectivity index is 2.49. The van der Waals surface area contributed by atoms with Gasteiger partial charge in [-0.2, -0.15) is 0 Å². The highest BCUT2D eigenvalue weighted by atomic mass is 16.2. The van der Waals surface area contributed by atoms with Crippen molar-refractivity contribution in [2.75, 3.05) is 6.54 Å². The average Bonchev–Trinajstić information content (AvgIpc) is 2.41. The minimum Gasteiger partial charge on any atom is -0.352 e. The van der Waals surface area contributed by atoms with Gasteiger partial charge in [0.25, 0.3) is 5.91 Å². The van der Waals surface area contributed by atoms with Crippen molar-refractivity contribution in [3.63, 3.8) is 0 Å². The van der Waals surface area contributed by atoms with Crippen LogP contribution in [0, 0.1) is 0 Å². The van der Waals surface area contributed by atoms with Crippen molar-refractivity contribution in [3.05, 3.63) is 35.4 Å². The third kappa shape index (κ3) is 6.88. The van der Waals surface area contributed by atoms with Crippen LogP contribution in [0.15, 0.2) is 24.3 Å². The summed E-state index contributed by atoms with van der Waals surface area (Å²) in [6, 6.07) is 6.85. The van der Waals surface area contributed by atoms with E-state index in [4.69, 9.17) is 0 Å². The number of hydrogen-bond acceptors (Lipinski definition) is 3. The van der Waals surface area contributed by atoms with Crippen molar-refractivity contribution in [1.82, 2.24) is 16.0 Å². The number of amides is 3. The fourth-order valence-electron chi connectivity index (χ4n) is 1.73. The van der Waals surface area contributed by atoms with Gasteiger partial charge in [-0.15, -0.1) is 0 Å². The zero-order valence-electron chi connectivity index (χ0n) is 13.4. The quantitative estimate of drug-likeness (QED) is 0.757. The third-order valence-electron chi connectivity index (χ3n) is 2.68. The van der Waals surface area contributed by atoms with Crippen LogP contribution in [-0.4, -0.2) is 29.8 Å². The van der Waals surface area contributed by atoms with E-state index in [1.165, 1.54) is 6.92 Å². The van der Waals surface area contributed by atoms with Crippen LogP contribution in [0.25, 0.3) is 0 Å². The Morgan fingerprint density at radius 1 is 1.00 bits per heavy atom. The second kappa shape index (κ2) is 7.59. The van der Waals surface area contributed by atoms with Gasteiger partial charge in [0.2, 0.25) is 11.8 Å². The maximum Gasteiger partial charge on any atom is 0.251 e. The Morgan fingerprint density at radius 2 is 1.59 bits per heavy atom. The van der Waals surface area contributed by atoms with Crippen LogP contribution in [0.4, 0.5) is 0 Å². The molecule has 0 fully saturated rings. The molecule has 1 aromatic rings. The third-order valence-corrected chi connectivity index (χ3v) is 2.68. The summed E-state index contributed by atoms with van der Waals surface area (Å²) in [6.45, 7) is 7.43. The van der Waals surface area contributed by atoms with E-state index in [1.807, 2.05) is 20.8 Å². The van der Waals surface area contributed by atoms with Gasteiger partial charge >= 0.3 is 0 Å². The standard InChI is InChI=1S/C16H23N3O3/c1-11(20)17-9-12-5-7-13(8-6-12)15(22)18-10-14(21)19-16(2,3)4/h5-8H,9-10H2,1-4H3,(H,17,20)(H,18,22)(H,19,21). The van der Waals surface area contributed by atoms with E-state index < -0.39 is 0 Å². The lowest BCUT2D eigenvalue weighted by Crippen LogP contribution is -2.45. The van der Waals surface area contributed by atoms with E-state index >= 15 is 0 Å². The molecule has 1 rings (SSSR count). The Morgan fingerprint density at radius 3 is 2.09 bits per heavy atom. The number of carbonyl (C=O) groups excluding carboxylic acids is 3. The minimum atomic E-state index is -0.326. The van der Waals surface area contributed by atoms with Gasteiger partial charge < -0.3 is 16.0 Å². The Hall–Kier alpha value is -2.37. The second-order valence-corrected chi connectivity index (χ2v) is 6.09. The van der Waals surface area contributed by atoms with E-state index in [0.29, 0.717) is 12.1 Å². The maximum atomic E-state index is 11.9. The van der Waals surface area contributed by atoms with E-state index in [0.717, 1.165) is 5.56 Å². The lowest BCUT2D eigenvalue weighted by molar-refractivity contribution is -0.121. The highest BCUT2D eigenvalue weighted by molar-refractivity contribution is 5.96. The fourth-order valence-corrected chi connectivity index (χ4v) is 1.73. The van der Waals surface area contributed by atoms with Crippen molar-refractivity contribution in [2.45, 2.75) is 39.8 Å². The molecule has 120 valence electrons. The van der Waals surface area contributed by atoms with Crippen molar-refractivity contribution in [1.29, 1.82) is 0 Å². The highest BCUT2D eigenvalue weighted by Crippen LogP contribution is 2.04. The van der Waals surface area contributed by atoms with Gasteiger partial charge in [0, 0.05) is 24.6 Å². The highest BCUT2D eigenvalue weighted by Gasteiger charge is 2.14. The monoisotopic (exact) mass is 305 g/mol. The van der Waals surface area contributed by atoms with Crippen molar-refractivity contribution in [2.24, 2.45) is 0 Å². The number of rotatable bonds is 5. The first kappa shape index (κ1) is 17.7. The topological polar surface area (TPSA) is 87.3 Å². The second-order valence-electron chi connectivity index (χ2n) is 6.09. The molecule has 0 aromatic heterocycles. The first-order valence-corrected chi connectivity index (χ1v) is 7.10. The van der Waals surface area contributed by atoms with Crippen LogP contribution in [0.3, 0.4) is 0 Å². The molecule has 6 nitrogen and oxygen atoms in total. The summed E-state index contributed by atoms with van der Waals surface area (Å²) in [6.07, 6.45) is 0. The fraction of sp³-hybridized carbons (Fsp3) is 0.438. The van der Waals surface area contributed by atoms with Crippen LogP contribution in [-0.2, 0) is 16.1 Å². The molecular weight excluding hydrogens is 282 g/mol. The number of benzene rings is 1. The van der Waals surface area contributed by atoms with E-state index in [9.17, 15) is 14.4 Å². The summed E-state index contributed by atoms with van der Waals surface area (Å²) in [5, 5.41) is 8.02. The summed E-state index contributed by atoms with van der Waals surface area (Å²) in [4.78, 5) is 34.4. The zero-order chi connectivity index (χ0) is 16.8. The van der Waals surface area contributed by atoms with Crippen molar-refractivity contribution < 1.29 is 14.4 Å². The van der Waals surface area contributed by atoms with Crippen molar-refractivity contribution in [3.8, 4) is 0 Å². The van der Waals surface area contributed by atoms with E-state index in [1.54, 1.807) is 24.3 Å².